The van der Waals surface area contributed by atoms with Gasteiger partial charge in [-0.05, 0) is 6.07 Å². The molecule has 0 saturated carbocycles. The Morgan fingerprint density at radius 1 is 1.53 bits per heavy atom. The number of hydrogen-bond donors (Lipinski definition) is 2. The van der Waals surface area contributed by atoms with Crippen molar-refractivity contribution in [3.63, 3.8) is 0 Å². The Kier molecular flexibility index (Phi) is 2.92. The summed E-state index contributed by atoms with van der Waals surface area (Å²) in [6, 6.07) is 1.55. The number of rotatable bonds is 2. The molecule has 2 aromatic rings. The first kappa shape index (κ1) is 11.3. The molecule has 2 heterocycles. The molecule has 0 aliphatic rings. The lowest BCUT2D eigenvalue weighted by Gasteiger charge is -2.03. The van der Waals surface area contributed by atoms with Gasteiger partial charge in [0.1, 0.15) is 17.2 Å². The van der Waals surface area contributed by atoms with Gasteiger partial charge in [-0.2, -0.15) is 5.10 Å². The summed E-state index contributed by atoms with van der Waals surface area (Å²) < 4.78 is 1.37. The summed E-state index contributed by atoms with van der Waals surface area (Å²) in [5.41, 5.74) is 5.81. The molecule has 3 N–H and O–H groups in total. The van der Waals surface area contributed by atoms with E-state index in [4.69, 9.17) is 17.3 Å². The minimum absolute atomic E-state index is 0.161. The van der Waals surface area contributed by atoms with E-state index in [1.165, 1.54) is 18.1 Å². The maximum Gasteiger partial charge on any atom is 0.271 e. The van der Waals surface area contributed by atoms with Crippen LogP contribution >= 0.6 is 11.6 Å². The normalized spacial score (nSPS) is 10.2. The number of carbonyl (C=O) groups excluding carboxylic acids is 1. The van der Waals surface area contributed by atoms with Crippen molar-refractivity contribution in [2.45, 2.75) is 0 Å². The Morgan fingerprint density at radius 2 is 2.29 bits per heavy atom. The second kappa shape index (κ2) is 4.38. The Bertz CT molecular complexity index is 566. The van der Waals surface area contributed by atoms with E-state index in [9.17, 15) is 4.79 Å². The fourth-order valence-corrected chi connectivity index (χ4v) is 1.41. The molecule has 0 atom stereocenters. The first-order chi connectivity index (χ1) is 8.13. The Balaban J connectivity index is 2.44. The number of hydrogen-bond acceptors (Lipinski definition) is 5. The molecule has 0 radical (unpaired) electrons. The van der Waals surface area contributed by atoms with Crippen molar-refractivity contribution in [1.29, 1.82) is 0 Å². The first-order valence-corrected chi connectivity index (χ1v) is 5.05. The second-order valence-corrected chi connectivity index (χ2v) is 3.50. The average molecular weight is 253 g/mol. The minimum atomic E-state index is -0.290. The Labute approximate surface area is 102 Å². The third-order valence-corrected chi connectivity index (χ3v) is 2.43. The van der Waals surface area contributed by atoms with E-state index in [0.717, 1.165) is 0 Å². The van der Waals surface area contributed by atoms with Crippen LogP contribution in [0.3, 0.4) is 0 Å². The van der Waals surface area contributed by atoms with E-state index in [-0.39, 0.29) is 22.4 Å². The smallest absolute Gasteiger partial charge is 0.271 e. The van der Waals surface area contributed by atoms with Crippen LogP contribution in [0.5, 0.6) is 0 Å². The van der Waals surface area contributed by atoms with Crippen LogP contribution in [0.15, 0.2) is 18.6 Å². The highest BCUT2D eigenvalue weighted by Crippen LogP contribution is 2.21. The highest BCUT2D eigenvalue weighted by atomic mass is 35.5. The van der Waals surface area contributed by atoms with Crippen LogP contribution < -0.4 is 11.1 Å². The SMILES string of the molecule is CNC(=O)c1ccn(-c2ncnc(N)c2Cl)n1. The van der Waals surface area contributed by atoms with Crippen LogP contribution in [0.25, 0.3) is 5.82 Å². The lowest BCUT2D eigenvalue weighted by atomic mass is 10.4. The van der Waals surface area contributed by atoms with Gasteiger partial charge in [0, 0.05) is 13.2 Å². The van der Waals surface area contributed by atoms with E-state index in [1.54, 1.807) is 12.3 Å². The van der Waals surface area contributed by atoms with Crippen LogP contribution in [-0.4, -0.2) is 32.7 Å². The molecule has 8 heteroatoms. The van der Waals surface area contributed by atoms with Gasteiger partial charge in [-0.3, -0.25) is 4.79 Å². The molecule has 0 fully saturated rings. The fraction of sp³-hybridized carbons (Fsp3) is 0.111. The van der Waals surface area contributed by atoms with E-state index in [2.05, 4.69) is 20.4 Å². The van der Waals surface area contributed by atoms with Gasteiger partial charge in [-0.15, -0.1) is 0 Å². The number of nitrogens with one attached hydrogen (secondary N) is 1. The lowest BCUT2D eigenvalue weighted by molar-refractivity contribution is 0.0957. The van der Waals surface area contributed by atoms with Crippen molar-refractivity contribution in [3.05, 3.63) is 29.3 Å². The number of nitrogens with two attached hydrogens (primary N) is 1. The highest BCUT2D eigenvalue weighted by molar-refractivity contribution is 6.34. The summed E-state index contributed by atoms with van der Waals surface area (Å²) >= 11 is 5.94. The van der Waals surface area contributed by atoms with Crippen LogP contribution in [0.4, 0.5) is 5.82 Å². The number of halogens is 1. The molecule has 0 saturated heterocycles. The number of aromatic nitrogens is 4. The summed E-state index contributed by atoms with van der Waals surface area (Å²) in [6.07, 6.45) is 2.84. The zero-order chi connectivity index (χ0) is 12.4. The van der Waals surface area contributed by atoms with Gasteiger partial charge >= 0.3 is 0 Å². The maximum atomic E-state index is 11.3. The molecule has 0 unspecified atom stereocenters. The number of anilines is 1. The van der Waals surface area contributed by atoms with Crippen LogP contribution in [0, 0.1) is 0 Å². The van der Waals surface area contributed by atoms with Gasteiger partial charge in [-0.1, -0.05) is 11.6 Å². The van der Waals surface area contributed by atoms with Crippen molar-refractivity contribution in [1.82, 2.24) is 25.1 Å². The minimum Gasteiger partial charge on any atom is -0.382 e. The molecule has 17 heavy (non-hydrogen) atoms. The van der Waals surface area contributed by atoms with E-state index >= 15 is 0 Å². The first-order valence-electron chi connectivity index (χ1n) is 4.67. The molecule has 2 rings (SSSR count). The van der Waals surface area contributed by atoms with Crippen LogP contribution in [-0.2, 0) is 0 Å². The van der Waals surface area contributed by atoms with E-state index < -0.39 is 0 Å². The molecule has 0 aromatic carbocycles. The summed E-state index contributed by atoms with van der Waals surface area (Å²) in [4.78, 5) is 19.0. The molecular formula is C9H9ClN6O. The molecular weight excluding hydrogens is 244 g/mol. The Hall–Kier alpha value is -2.15. The lowest BCUT2D eigenvalue weighted by Crippen LogP contribution is -2.18. The number of carbonyl (C=O) groups is 1. The summed E-state index contributed by atoms with van der Waals surface area (Å²) in [6.45, 7) is 0. The van der Waals surface area contributed by atoms with Gasteiger partial charge in [-0.25, -0.2) is 14.6 Å². The van der Waals surface area contributed by atoms with Gasteiger partial charge in [0.15, 0.2) is 11.5 Å². The average Bonchev–Trinajstić information content (AvgIpc) is 2.81. The molecule has 0 bridgehead atoms. The molecule has 0 aliphatic heterocycles. The van der Waals surface area contributed by atoms with Crippen molar-refractivity contribution in [2.24, 2.45) is 0 Å². The fourth-order valence-electron chi connectivity index (χ4n) is 1.22. The number of amides is 1. The molecule has 0 aliphatic carbocycles. The summed E-state index contributed by atoms with van der Waals surface area (Å²) in [7, 11) is 1.52. The maximum absolute atomic E-state index is 11.3. The van der Waals surface area contributed by atoms with Gasteiger partial charge in [0.2, 0.25) is 0 Å². The number of nitrogens with zero attached hydrogens (tertiary/aromatic N) is 4. The predicted molar refractivity (Wildman–Crippen MR) is 62.0 cm³/mol. The van der Waals surface area contributed by atoms with Crippen molar-refractivity contribution in [2.75, 3.05) is 12.8 Å². The van der Waals surface area contributed by atoms with Gasteiger partial charge < -0.3 is 11.1 Å². The topological polar surface area (TPSA) is 98.7 Å². The molecule has 2 aromatic heterocycles. The van der Waals surface area contributed by atoms with Crippen molar-refractivity contribution >= 4 is 23.3 Å². The monoisotopic (exact) mass is 252 g/mol. The third-order valence-electron chi connectivity index (χ3n) is 2.06. The van der Waals surface area contributed by atoms with E-state index in [0.29, 0.717) is 5.82 Å². The predicted octanol–water partition coefficient (Wildman–Crippen LogP) is 0.258. The molecule has 88 valence electrons. The summed E-state index contributed by atoms with van der Waals surface area (Å²) in [5.74, 6) is 0.199. The van der Waals surface area contributed by atoms with Crippen LogP contribution in [0.2, 0.25) is 5.02 Å². The third kappa shape index (κ3) is 2.04. The van der Waals surface area contributed by atoms with E-state index in [1.807, 2.05) is 0 Å². The molecule has 7 nitrogen and oxygen atoms in total. The Morgan fingerprint density at radius 3 is 3.00 bits per heavy atom. The highest BCUT2D eigenvalue weighted by Gasteiger charge is 2.12. The largest absolute Gasteiger partial charge is 0.382 e. The van der Waals surface area contributed by atoms with Crippen molar-refractivity contribution in [3.8, 4) is 5.82 Å². The molecule has 1 amide bonds. The van der Waals surface area contributed by atoms with Gasteiger partial charge in [0.25, 0.3) is 5.91 Å². The zero-order valence-electron chi connectivity index (χ0n) is 8.88. The van der Waals surface area contributed by atoms with Crippen molar-refractivity contribution < 1.29 is 4.79 Å². The van der Waals surface area contributed by atoms with Crippen LogP contribution in [0.1, 0.15) is 10.5 Å². The second-order valence-electron chi connectivity index (χ2n) is 3.12. The van der Waals surface area contributed by atoms with Gasteiger partial charge in [0.05, 0.1) is 0 Å². The number of nitrogen functional groups attached to an aromatic ring is 1. The zero-order valence-corrected chi connectivity index (χ0v) is 9.64. The molecule has 0 spiro atoms. The standard InChI is InChI=1S/C9H9ClN6O/c1-12-9(17)5-2-3-16(15-5)8-6(10)7(11)13-4-14-8/h2-4H,1H3,(H,12,17)(H2,11,13,14). The quantitative estimate of drug-likeness (QED) is 0.799. The summed E-state index contributed by atoms with van der Waals surface area (Å²) in [5, 5.41) is 6.69.